The third kappa shape index (κ3) is 2.82. The maximum absolute atomic E-state index is 8.70. The number of nitrogens with zero attached hydrogens (tertiary/aromatic N) is 1. The van der Waals surface area contributed by atoms with Gasteiger partial charge in [0.25, 0.3) is 0 Å². The third-order valence-corrected chi connectivity index (χ3v) is 2.74. The van der Waals surface area contributed by atoms with Gasteiger partial charge in [0.1, 0.15) is 13.2 Å². The molecule has 0 saturated heterocycles. The maximum Gasteiger partial charge on any atom is 0.163 e. The van der Waals surface area contributed by atoms with Crippen LogP contribution in [0.1, 0.15) is 19.8 Å². The van der Waals surface area contributed by atoms with E-state index in [-0.39, 0.29) is 6.04 Å². The number of anilines is 1. The summed E-state index contributed by atoms with van der Waals surface area (Å²) in [6.07, 6.45) is 1.42. The van der Waals surface area contributed by atoms with Crippen molar-refractivity contribution in [3.05, 3.63) is 18.2 Å². The second-order valence-electron chi connectivity index (χ2n) is 3.97. The first-order chi connectivity index (χ1) is 8.33. The quantitative estimate of drug-likeness (QED) is 0.866. The van der Waals surface area contributed by atoms with Crippen molar-refractivity contribution in [3.63, 3.8) is 0 Å². The molecule has 1 aliphatic heterocycles. The molecule has 1 atom stereocenters. The Morgan fingerprint density at radius 2 is 2.12 bits per heavy atom. The van der Waals surface area contributed by atoms with Crippen molar-refractivity contribution in [2.45, 2.75) is 25.8 Å². The lowest BCUT2D eigenvalue weighted by atomic mass is 10.1. The Morgan fingerprint density at radius 1 is 1.35 bits per heavy atom. The fourth-order valence-corrected chi connectivity index (χ4v) is 1.78. The molecule has 17 heavy (non-hydrogen) atoms. The van der Waals surface area contributed by atoms with Gasteiger partial charge in [-0.15, -0.1) is 0 Å². The molecule has 0 fully saturated rings. The van der Waals surface area contributed by atoms with Gasteiger partial charge in [-0.2, -0.15) is 5.26 Å². The Hall–Kier alpha value is -1.89. The highest BCUT2D eigenvalue weighted by Crippen LogP contribution is 2.32. The lowest BCUT2D eigenvalue weighted by molar-refractivity contribution is 0.171. The number of ether oxygens (including phenoxy) is 2. The minimum atomic E-state index is 0.183. The average Bonchev–Trinajstić information content (AvgIpc) is 2.38. The van der Waals surface area contributed by atoms with Crippen molar-refractivity contribution < 1.29 is 9.47 Å². The molecule has 4 heteroatoms. The van der Waals surface area contributed by atoms with Crippen molar-refractivity contribution in [3.8, 4) is 17.6 Å². The lowest BCUT2D eigenvalue weighted by Crippen LogP contribution is -2.19. The Bertz CT molecular complexity index is 426. The van der Waals surface area contributed by atoms with Crippen LogP contribution in [0.5, 0.6) is 11.5 Å². The van der Waals surface area contributed by atoms with Crippen LogP contribution in [-0.4, -0.2) is 19.3 Å². The molecule has 0 amide bonds. The van der Waals surface area contributed by atoms with Gasteiger partial charge in [0, 0.05) is 17.8 Å². The zero-order valence-corrected chi connectivity index (χ0v) is 9.90. The summed E-state index contributed by atoms with van der Waals surface area (Å²) in [7, 11) is 0. The molecule has 0 saturated carbocycles. The molecule has 2 rings (SSSR count). The van der Waals surface area contributed by atoms with E-state index in [0.717, 1.165) is 23.6 Å². The molecule has 1 unspecified atom stereocenters. The second-order valence-corrected chi connectivity index (χ2v) is 3.97. The summed E-state index contributed by atoms with van der Waals surface area (Å²) >= 11 is 0. The topological polar surface area (TPSA) is 54.3 Å². The SMILES string of the molecule is CCC(CC#N)Nc1ccc2c(c1)OCCO2. The van der Waals surface area contributed by atoms with Crippen LogP contribution in [0.15, 0.2) is 18.2 Å². The number of benzene rings is 1. The van der Waals surface area contributed by atoms with Crippen LogP contribution in [0.25, 0.3) is 0 Å². The first-order valence-electron chi connectivity index (χ1n) is 5.86. The van der Waals surface area contributed by atoms with Crippen LogP contribution in [0, 0.1) is 11.3 Å². The summed E-state index contributed by atoms with van der Waals surface area (Å²) in [5.41, 5.74) is 0.969. The first-order valence-corrected chi connectivity index (χ1v) is 5.86. The number of nitrogens with one attached hydrogen (secondary N) is 1. The van der Waals surface area contributed by atoms with E-state index >= 15 is 0 Å². The van der Waals surface area contributed by atoms with E-state index in [9.17, 15) is 0 Å². The molecule has 1 aromatic carbocycles. The lowest BCUT2D eigenvalue weighted by Gasteiger charge is -2.21. The molecule has 0 spiro atoms. The molecule has 0 radical (unpaired) electrons. The fourth-order valence-electron chi connectivity index (χ4n) is 1.78. The summed E-state index contributed by atoms with van der Waals surface area (Å²) < 4.78 is 11.0. The molecule has 1 heterocycles. The van der Waals surface area contributed by atoms with E-state index in [0.29, 0.717) is 19.6 Å². The Kier molecular flexibility index (Phi) is 3.71. The maximum atomic E-state index is 8.70. The molecule has 1 aliphatic rings. The van der Waals surface area contributed by atoms with Gasteiger partial charge in [-0.3, -0.25) is 0 Å². The molecule has 1 aromatic rings. The summed E-state index contributed by atoms with van der Waals surface area (Å²) in [4.78, 5) is 0. The Labute approximate surface area is 101 Å². The van der Waals surface area contributed by atoms with Crippen LogP contribution in [0.3, 0.4) is 0 Å². The number of hydrogen-bond acceptors (Lipinski definition) is 4. The predicted octanol–water partition coefficient (Wildman–Crippen LogP) is 2.56. The fraction of sp³-hybridized carbons (Fsp3) is 0.462. The van der Waals surface area contributed by atoms with Crippen LogP contribution in [0.2, 0.25) is 0 Å². The zero-order valence-electron chi connectivity index (χ0n) is 9.90. The second kappa shape index (κ2) is 5.44. The molecule has 1 N–H and O–H groups in total. The van der Waals surface area contributed by atoms with Gasteiger partial charge in [0.2, 0.25) is 0 Å². The smallest absolute Gasteiger partial charge is 0.163 e. The first kappa shape index (κ1) is 11.6. The van der Waals surface area contributed by atoms with Gasteiger partial charge in [-0.25, -0.2) is 0 Å². The minimum absolute atomic E-state index is 0.183. The predicted molar refractivity (Wildman–Crippen MR) is 65.4 cm³/mol. The monoisotopic (exact) mass is 232 g/mol. The van der Waals surface area contributed by atoms with Crippen LogP contribution >= 0.6 is 0 Å². The highest BCUT2D eigenvalue weighted by molar-refractivity contribution is 5.55. The zero-order chi connectivity index (χ0) is 12.1. The number of fused-ring (bicyclic) bond motifs is 1. The van der Waals surface area contributed by atoms with Gasteiger partial charge >= 0.3 is 0 Å². The van der Waals surface area contributed by atoms with E-state index in [1.165, 1.54) is 0 Å². The molecule has 4 nitrogen and oxygen atoms in total. The summed E-state index contributed by atoms with van der Waals surface area (Å²) in [6, 6.07) is 8.14. The van der Waals surface area contributed by atoms with Crippen molar-refractivity contribution >= 4 is 5.69 Å². The van der Waals surface area contributed by atoms with E-state index in [1.54, 1.807) is 0 Å². The Balaban J connectivity index is 2.09. The van der Waals surface area contributed by atoms with Gasteiger partial charge in [-0.05, 0) is 18.6 Å². The van der Waals surface area contributed by atoms with Crippen LogP contribution in [0.4, 0.5) is 5.69 Å². The molecular weight excluding hydrogens is 216 g/mol. The van der Waals surface area contributed by atoms with Crippen molar-refractivity contribution in [1.82, 2.24) is 0 Å². The summed E-state index contributed by atoms with van der Waals surface area (Å²) in [5, 5.41) is 12.0. The van der Waals surface area contributed by atoms with Gasteiger partial charge in [-0.1, -0.05) is 6.92 Å². The van der Waals surface area contributed by atoms with Crippen molar-refractivity contribution in [2.24, 2.45) is 0 Å². The van der Waals surface area contributed by atoms with Crippen LogP contribution in [-0.2, 0) is 0 Å². The summed E-state index contributed by atoms with van der Waals surface area (Å²) in [6.45, 7) is 3.25. The normalized spacial score (nSPS) is 14.8. The average molecular weight is 232 g/mol. The summed E-state index contributed by atoms with van der Waals surface area (Å²) in [5.74, 6) is 1.56. The highest BCUT2D eigenvalue weighted by Gasteiger charge is 2.13. The van der Waals surface area contributed by atoms with Gasteiger partial charge in [0.05, 0.1) is 12.5 Å². The highest BCUT2D eigenvalue weighted by atomic mass is 16.6. The largest absolute Gasteiger partial charge is 0.486 e. The molecular formula is C13H16N2O2. The number of hydrogen-bond donors (Lipinski definition) is 1. The van der Waals surface area contributed by atoms with E-state index in [2.05, 4.69) is 18.3 Å². The van der Waals surface area contributed by atoms with Gasteiger partial charge < -0.3 is 14.8 Å². The minimum Gasteiger partial charge on any atom is -0.486 e. The number of nitriles is 1. The molecule has 0 aromatic heterocycles. The third-order valence-electron chi connectivity index (χ3n) is 2.74. The van der Waals surface area contributed by atoms with Gasteiger partial charge in [0.15, 0.2) is 11.5 Å². The standard InChI is InChI=1S/C13H16N2O2/c1-2-10(5-6-14)15-11-3-4-12-13(9-11)17-8-7-16-12/h3-4,9-10,15H,2,5,7-8H2,1H3. The van der Waals surface area contributed by atoms with E-state index in [1.807, 2.05) is 18.2 Å². The van der Waals surface area contributed by atoms with Crippen LogP contribution < -0.4 is 14.8 Å². The molecule has 90 valence electrons. The van der Waals surface area contributed by atoms with Crippen molar-refractivity contribution in [2.75, 3.05) is 18.5 Å². The molecule has 0 aliphatic carbocycles. The van der Waals surface area contributed by atoms with E-state index < -0.39 is 0 Å². The van der Waals surface area contributed by atoms with E-state index in [4.69, 9.17) is 14.7 Å². The number of rotatable bonds is 4. The molecule has 0 bridgehead atoms. The Morgan fingerprint density at radius 3 is 2.82 bits per heavy atom. The van der Waals surface area contributed by atoms with Crippen molar-refractivity contribution in [1.29, 1.82) is 5.26 Å².